The monoisotopic (exact) mass is 266 g/mol. The van der Waals surface area contributed by atoms with E-state index in [9.17, 15) is 13.2 Å². The standard InChI is InChI=1S/C12H14ClF3O/c1-17-7-6-11(13)8-9-2-4-10(5-3-9)12(14,15)16/h2-5,11H,6-8H2,1H3. The first-order chi connectivity index (χ1) is 7.93. The highest BCUT2D eigenvalue weighted by molar-refractivity contribution is 6.20. The van der Waals surface area contributed by atoms with Gasteiger partial charge < -0.3 is 4.74 Å². The van der Waals surface area contributed by atoms with Crippen molar-refractivity contribution in [2.75, 3.05) is 13.7 Å². The van der Waals surface area contributed by atoms with Crippen LogP contribution in [0.5, 0.6) is 0 Å². The lowest BCUT2D eigenvalue weighted by Gasteiger charge is -2.10. The fraction of sp³-hybridized carbons (Fsp3) is 0.500. The van der Waals surface area contributed by atoms with Crippen molar-refractivity contribution in [3.63, 3.8) is 0 Å². The van der Waals surface area contributed by atoms with E-state index in [0.29, 0.717) is 19.4 Å². The minimum Gasteiger partial charge on any atom is -0.385 e. The van der Waals surface area contributed by atoms with Gasteiger partial charge in [0.05, 0.1) is 5.56 Å². The molecule has 0 saturated heterocycles. The van der Waals surface area contributed by atoms with Gasteiger partial charge in [-0.25, -0.2) is 0 Å². The van der Waals surface area contributed by atoms with Gasteiger partial charge in [-0.1, -0.05) is 12.1 Å². The average molecular weight is 267 g/mol. The highest BCUT2D eigenvalue weighted by Gasteiger charge is 2.29. The number of methoxy groups -OCH3 is 1. The zero-order valence-electron chi connectivity index (χ0n) is 9.43. The summed E-state index contributed by atoms with van der Waals surface area (Å²) in [4.78, 5) is 0. The van der Waals surface area contributed by atoms with Crippen LogP contribution in [0.3, 0.4) is 0 Å². The molecule has 0 aliphatic carbocycles. The van der Waals surface area contributed by atoms with Gasteiger partial charge >= 0.3 is 6.18 Å². The van der Waals surface area contributed by atoms with Crippen LogP contribution < -0.4 is 0 Å². The Labute approximate surface area is 104 Å². The van der Waals surface area contributed by atoms with Crippen LogP contribution in [0.15, 0.2) is 24.3 Å². The lowest BCUT2D eigenvalue weighted by atomic mass is 10.1. The fourth-order valence-electron chi connectivity index (χ4n) is 1.43. The van der Waals surface area contributed by atoms with Crippen LogP contribution in [0, 0.1) is 0 Å². The van der Waals surface area contributed by atoms with E-state index in [2.05, 4.69) is 0 Å². The molecular formula is C12H14ClF3O. The summed E-state index contributed by atoms with van der Waals surface area (Å²) in [6, 6.07) is 5.08. The molecule has 0 aliphatic heterocycles. The molecule has 0 N–H and O–H groups in total. The normalized spacial score (nSPS) is 13.7. The van der Waals surface area contributed by atoms with Crippen LogP contribution in [0.2, 0.25) is 0 Å². The van der Waals surface area contributed by atoms with Crippen molar-refractivity contribution in [3.05, 3.63) is 35.4 Å². The molecule has 0 spiro atoms. The maximum Gasteiger partial charge on any atom is 0.416 e. The van der Waals surface area contributed by atoms with Crippen LogP contribution in [0.25, 0.3) is 0 Å². The Morgan fingerprint density at radius 3 is 2.29 bits per heavy atom. The van der Waals surface area contributed by atoms with E-state index in [1.165, 1.54) is 12.1 Å². The summed E-state index contributed by atoms with van der Waals surface area (Å²) in [6.45, 7) is 0.550. The number of ether oxygens (including phenoxy) is 1. The van der Waals surface area contributed by atoms with Gasteiger partial charge in [0.2, 0.25) is 0 Å². The molecule has 0 amide bonds. The SMILES string of the molecule is COCCC(Cl)Cc1ccc(C(F)(F)F)cc1. The summed E-state index contributed by atoms with van der Waals surface area (Å²) >= 11 is 6.02. The van der Waals surface area contributed by atoms with Crippen molar-refractivity contribution in [1.29, 1.82) is 0 Å². The fourth-order valence-corrected chi connectivity index (χ4v) is 1.70. The van der Waals surface area contributed by atoms with E-state index in [-0.39, 0.29) is 5.38 Å². The number of halogens is 4. The number of hydrogen-bond donors (Lipinski definition) is 0. The number of rotatable bonds is 5. The molecule has 1 aromatic carbocycles. The van der Waals surface area contributed by atoms with E-state index < -0.39 is 11.7 Å². The second kappa shape index (κ2) is 6.26. The van der Waals surface area contributed by atoms with Crippen molar-refractivity contribution in [2.45, 2.75) is 24.4 Å². The second-order valence-electron chi connectivity index (χ2n) is 3.78. The smallest absolute Gasteiger partial charge is 0.385 e. The van der Waals surface area contributed by atoms with Crippen molar-refractivity contribution >= 4 is 11.6 Å². The summed E-state index contributed by atoms with van der Waals surface area (Å²) in [7, 11) is 1.59. The minimum absolute atomic E-state index is 0.119. The Morgan fingerprint density at radius 2 is 1.82 bits per heavy atom. The Kier molecular flexibility index (Phi) is 5.28. The molecule has 0 fully saturated rings. The van der Waals surface area contributed by atoms with Gasteiger partial charge in [0.25, 0.3) is 0 Å². The lowest BCUT2D eigenvalue weighted by molar-refractivity contribution is -0.137. The summed E-state index contributed by atoms with van der Waals surface area (Å²) in [5.41, 5.74) is 0.165. The van der Waals surface area contributed by atoms with E-state index >= 15 is 0 Å². The molecule has 0 radical (unpaired) electrons. The summed E-state index contributed by atoms with van der Waals surface area (Å²) in [5, 5.41) is -0.119. The van der Waals surface area contributed by atoms with Gasteiger partial charge in [-0.05, 0) is 30.5 Å². The van der Waals surface area contributed by atoms with E-state index in [4.69, 9.17) is 16.3 Å². The Hall–Kier alpha value is -0.740. The molecule has 1 rings (SSSR count). The third kappa shape index (κ3) is 4.96. The molecule has 0 saturated carbocycles. The summed E-state index contributed by atoms with van der Waals surface area (Å²) in [6.07, 6.45) is -3.06. The van der Waals surface area contributed by atoms with Gasteiger partial charge in [-0.15, -0.1) is 11.6 Å². The average Bonchev–Trinajstić information content (AvgIpc) is 2.26. The van der Waals surface area contributed by atoms with Crippen molar-refractivity contribution in [2.24, 2.45) is 0 Å². The minimum atomic E-state index is -4.28. The van der Waals surface area contributed by atoms with Gasteiger partial charge in [-0.3, -0.25) is 0 Å². The second-order valence-corrected chi connectivity index (χ2v) is 4.39. The predicted molar refractivity (Wildman–Crippen MR) is 61.3 cm³/mol. The van der Waals surface area contributed by atoms with Crippen LogP contribution in [0.4, 0.5) is 13.2 Å². The molecule has 96 valence electrons. The topological polar surface area (TPSA) is 9.23 Å². The van der Waals surface area contributed by atoms with E-state index in [1.807, 2.05) is 0 Å². The molecule has 1 nitrogen and oxygen atoms in total. The maximum absolute atomic E-state index is 12.3. The van der Waals surface area contributed by atoms with E-state index in [1.54, 1.807) is 7.11 Å². The number of alkyl halides is 4. The predicted octanol–water partition coefficient (Wildman–Crippen LogP) is 3.89. The highest BCUT2D eigenvalue weighted by atomic mass is 35.5. The number of benzene rings is 1. The molecule has 1 unspecified atom stereocenters. The van der Waals surface area contributed by atoms with Crippen LogP contribution in [0.1, 0.15) is 17.5 Å². The Balaban J connectivity index is 2.56. The molecule has 17 heavy (non-hydrogen) atoms. The zero-order valence-corrected chi connectivity index (χ0v) is 10.2. The summed E-state index contributed by atoms with van der Waals surface area (Å²) < 4.78 is 41.8. The van der Waals surface area contributed by atoms with Crippen molar-refractivity contribution in [1.82, 2.24) is 0 Å². The molecule has 1 atom stereocenters. The van der Waals surface area contributed by atoms with Crippen molar-refractivity contribution < 1.29 is 17.9 Å². The molecule has 0 heterocycles. The zero-order chi connectivity index (χ0) is 12.9. The maximum atomic E-state index is 12.3. The first kappa shape index (κ1) is 14.3. The Bertz CT molecular complexity index is 335. The van der Waals surface area contributed by atoms with Gasteiger partial charge in [0, 0.05) is 19.1 Å². The molecule has 0 bridgehead atoms. The first-order valence-electron chi connectivity index (χ1n) is 5.22. The van der Waals surface area contributed by atoms with Crippen LogP contribution >= 0.6 is 11.6 Å². The van der Waals surface area contributed by atoms with Crippen molar-refractivity contribution in [3.8, 4) is 0 Å². The molecule has 0 aromatic heterocycles. The lowest BCUT2D eigenvalue weighted by Crippen LogP contribution is -2.08. The first-order valence-corrected chi connectivity index (χ1v) is 5.66. The molecular weight excluding hydrogens is 253 g/mol. The molecule has 1 aromatic rings. The van der Waals surface area contributed by atoms with Gasteiger partial charge in [0.15, 0.2) is 0 Å². The van der Waals surface area contributed by atoms with Crippen LogP contribution in [-0.2, 0) is 17.3 Å². The summed E-state index contributed by atoms with van der Waals surface area (Å²) in [5.74, 6) is 0. The van der Waals surface area contributed by atoms with Gasteiger partial charge in [-0.2, -0.15) is 13.2 Å². The third-order valence-corrected chi connectivity index (χ3v) is 2.75. The number of hydrogen-bond acceptors (Lipinski definition) is 1. The third-order valence-electron chi connectivity index (χ3n) is 2.37. The molecule has 5 heteroatoms. The van der Waals surface area contributed by atoms with E-state index in [0.717, 1.165) is 17.7 Å². The Morgan fingerprint density at radius 1 is 1.24 bits per heavy atom. The molecule has 0 aliphatic rings. The van der Waals surface area contributed by atoms with Gasteiger partial charge in [0.1, 0.15) is 0 Å². The quantitative estimate of drug-likeness (QED) is 0.735. The largest absolute Gasteiger partial charge is 0.416 e. The van der Waals surface area contributed by atoms with Crippen LogP contribution in [-0.4, -0.2) is 19.1 Å². The highest BCUT2D eigenvalue weighted by Crippen LogP contribution is 2.29.